The number of hydrogen-bond acceptors (Lipinski definition) is 3. The van der Waals surface area contributed by atoms with Crippen LogP contribution in [-0.4, -0.2) is 25.2 Å². The molecular weight excluding hydrogens is 212 g/mol. The van der Waals surface area contributed by atoms with E-state index >= 15 is 0 Å². The fraction of sp³-hybridized carbons (Fsp3) is 0.571. The van der Waals surface area contributed by atoms with Crippen molar-refractivity contribution in [2.45, 2.75) is 39.0 Å². The summed E-state index contributed by atoms with van der Waals surface area (Å²) in [5.74, 6) is 0. The Bertz CT molecular complexity index is 288. The molecule has 2 unspecified atom stereocenters. The van der Waals surface area contributed by atoms with Gasteiger partial charge in [-0.15, -0.1) is 0 Å². The van der Waals surface area contributed by atoms with E-state index < -0.39 is 0 Å². The van der Waals surface area contributed by atoms with Gasteiger partial charge in [0, 0.05) is 18.7 Å². The zero-order chi connectivity index (χ0) is 12.5. The van der Waals surface area contributed by atoms with Gasteiger partial charge in [0.1, 0.15) is 0 Å². The van der Waals surface area contributed by atoms with Gasteiger partial charge in [0.15, 0.2) is 0 Å². The van der Waals surface area contributed by atoms with E-state index in [-0.39, 0.29) is 6.04 Å². The Morgan fingerprint density at radius 3 is 2.59 bits per heavy atom. The molecule has 0 aliphatic carbocycles. The summed E-state index contributed by atoms with van der Waals surface area (Å²) in [6.07, 6.45) is 1.02. The lowest BCUT2D eigenvalue weighted by Gasteiger charge is -2.17. The van der Waals surface area contributed by atoms with E-state index in [4.69, 9.17) is 10.5 Å². The predicted molar refractivity (Wildman–Crippen MR) is 71.8 cm³/mol. The van der Waals surface area contributed by atoms with Crippen LogP contribution < -0.4 is 11.1 Å². The Labute approximate surface area is 104 Å². The van der Waals surface area contributed by atoms with E-state index in [1.54, 1.807) is 0 Å². The van der Waals surface area contributed by atoms with Crippen molar-refractivity contribution in [3.8, 4) is 0 Å². The van der Waals surface area contributed by atoms with Crippen molar-refractivity contribution in [3.63, 3.8) is 0 Å². The molecule has 3 heteroatoms. The minimum atomic E-state index is 0.195. The Balaban J connectivity index is 1.98. The van der Waals surface area contributed by atoms with E-state index in [1.165, 1.54) is 5.56 Å². The van der Waals surface area contributed by atoms with Gasteiger partial charge in [0.05, 0.1) is 6.61 Å². The van der Waals surface area contributed by atoms with Crippen LogP contribution in [0.5, 0.6) is 0 Å². The molecule has 96 valence electrons. The molecule has 1 aromatic rings. The monoisotopic (exact) mass is 236 g/mol. The van der Waals surface area contributed by atoms with Gasteiger partial charge in [0.2, 0.25) is 0 Å². The second kappa shape index (κ2) is 8.23. The summed E-state index contributed by atoms with van der Waals surface area (Å²) in [7, 11) is 0. The quantitative estimate of drug-likeness (QED) is 0.678. The highest BCUT2D eigenvalue weighted by Gasteiger charge is 2.04. The molecule has 0 aromatic heterocycles. The summed E-state index contributed by atoms with van der Waals surface area (Å²) in [4.78, 5) is 0. The molecular formula is C14H24N2O. The molecule has 1 aromatic carbocycles. The van der Waals surface area contributed by atoms with Gasteiger partial charge in [-0.1, -0.05) is 30.3 Å². The highest BCUT2D eigenvalue weighted by Crippen LogP contribution is 2.00. The van der Waals surface area contributed by atoms with Crippen LogP contribution in [0, 0.1) is 0 Å². The van der Waals surface area contributed by atoms with Crippen LogP contribution >= 0.6 is 0 Å². The fourth-order valence-electron chi connectivity index (χ4n) is 1.45. The van der Waals surface area contributed by atoms with Crippen molar-refractivity contribution in [2.24, 2.45) is 5.73 Å². The first-order valence-corrected chi connectivity index (χ1v) is 6.31. The van der Waals surface area contributed by atoms with Crippen molar-refractivity contribution in [3.05, 3.63) is 35.9 Å². The summed E-state index contributed by atoms with van der Waals surface area (Å²) < 4.78 is 5.59. The topological polar surface area (TPSA) is 47.3 Å². The Morgan fingerprint density at radius 1 is 1.24 bits per heavy atom. The van der Waals surface area contributed by atoms with E-state index in [0.717, 1.165) is 19.6 Å². The molecule has 0 fully saturated rings. The SMILES string of the molecule is CC(N)C(C)NCCCOCc1ccccc1. The third kappa shape index (κ3) is 6.41. The summed E-state index contributed by atoms with van der Waals surface area (Å²) in [5, 5.41) is 3.38. The van der Waals surface area contributed by atoms with Crippen molar-refractivity contribution < 1.29 is 4.74 Å². The van der Waals surface area contributed by atoms with Crippen molar-refractivity contribution in [1.29, 1.82) is 0 Å². The second-order valence-electron chi connectivity index (χ2n) is 4.49. The molecule has 0 amide bonds. The lowest BCUT2D eigenvalue weighted by molar-refractivity contribution is 0.118. The van der Waals surface area contributed by atoms with Crippen molar-refractivity contribution >= 4 is 0 Å². The van der Waals surface area contributed by atoms with E-state index in [0.29, 0.717) is 12.6 Å². The smallest absolute Gasteiger partial charge is 0.0716 e. The molecule has 1 rings (SSSR count). The Hall–Kier alpha value is -0.900. The van der Waals surface area contributed by atoms with Gasteiger partial charge in [0.25, 0.3) is 0 Å². The molecule has 0 aliphatic heterocycles. The largest absolute Gasteiger partial charge is 0.377 e. The number of rotatable bonds is 8. The third-order valence-corrected chi connectivity index (χ3v) is 2.83. The molecule has 0 spiro atoms. The van der Waals surface area contributed by atoms with Gasteiger partial charge in [-0.3, -0.25) is 0 Å². The third-order valence-electron chi connectivity index (χ3n) is 2.83. The molecule has 0 bridgehead atoms. The summed E-state index contributed by atoms with van der Waals surface area (Å²) in [5.41, 5.74) is 6.99. The minimum Gasteiger partial charge on any atom is -0.377 e. The molecule has 0 heterocycles. The lowest BCUT2D eigenvalue weighted by Crippen LogP contribution is -2.41. The van der Waals surface area contributed by atoms with Crippen LogP contribution in [0.2, 0.25) is 0 Å². The van der Waals surface area contributed by atoms with Gasteiger partial charge in [-0.05, 0) is 32.4 Å². The molecule has 2 atom stereocenters. The molecule has 3 nitrogen and oxygen atoms in total. The normalized spacial score (nSPS) is 14.5. The van der Waals surface area contributed by atoms with Crippen molar-refractivity contribution in [2.75, 3.05) is 13.2 Å². The van der Waals surface area contributed by atoms with Crippen LogP contribution in [0.1, 0.15) is 25.8 Å². The first-order valence-electron chi connectivity index (χ1n) is 6.31. The average molecular weight is 236 g/mol. The zero-order valence-electron chi connectivity index (χ0n) is 10.9. The Kier molecular flexibility index (Phi) is 6.86. The summed E-state index contributed by atoms with van der Waals surface area (Å²) >= 11 is 0. The fourth-order valence-corrected chi connectivity index (χ4v) is 1.45. The van der Waals surface area contributed by atoms with E-state index in [2.05, 4.69) is 24.4 Å². The standard InChI is InChI=1S/C14H24N2O/c1-12(15)13(2)16-9-6-10-17-11-14-7-4-3-5-8-14/h3-5,7-8,12-13,16H,6,9-11,15H2,1-2H3. The highest BCUT2D eigenvalue weighted by atomic mass is 16.5. The maximum Gasteiger partial charge on any atom is 0.0716 e. The van der Waals surface area contributed by atoms with Gasteiger partial charge in [-0.25, -0.2) is 0 Å². The molecule has 17 heavy (non-hydrogen) atoms. The maximum atomic E-state index is 5.76. The molecule has 0 aliphatic rings. The number of benzene rings is 1. The van der Waals surface area contributed by atoms with Crippen LogP contribution in [0.4, 0.5) is 0 Å². The summed E-state index contributed by atoms with van der Waals surface area (Å²) in [6, 6.07) is 10.8. The molecule has 0 saturated carbocycles. The van der Waals surface area contributed by atoms with E-state index in [9.17, 15) is 0 Å². The van der Waals surface area contributed by atoms with Gasteiger partial charge in [-0.2, -0.15) is 0 Å². The van der Waals surface area contributed by atoms with E-state index in [1.807, 2.05) is 25.1 Å². The van der Waals surface area contributed by atoms with Gasteiger partial charge < -0.3 is 15.8 Å². The first-order chi connectivity index (χ1) is 8.20. The predicted octanol–water partition coefficient (Wildman–Crippen LogP) is 1.92. The summed E-state index contributed by atoms with van der Waals surface area (Å²) in [6.45, 7) is 6.56. The number of nitrogens with two attached hydrogens (primary N) is 1. The zero-order valence-corrected chi connectivity index (χ0v) is 10.9. The minimum absolute atomic E-state index is 0.195. The highest BCUT2D eigenvalue weighted by molar-refractivity contribution is 5.13. The Morgan fingerprint density at radius 2 is 1.94 bits per heavy atom. The number of ether oxygens (including phenoxy) is 1. The van der Waals surface area contributed by atoms with Crippen molar-refractivity contribution in [1.82, 2.24) is 5.32 Å². The lowest BCUT2D eigenvalue weighted by atomic mass is 10.2. The van der Waals surface area contributed by atoms with Crippen LogP contribution in [-0.2, 0) is 11.3 Å². The molecule has 3 N–H and O–H groups in total. The molecule has 0 saturated heterocycles. The first kappa shape index (κ1) is 14.2. The van der Waals surface area contributed by atoms with Gasteiger partial charge >= 0.3 is 0 Å². The van der Waals surface area contributed by atoms with Crippen LogP contribution in [0.15, 0.2) is 30.3 Å². The molecule has 0 radical (unpaired) electrons. The van der Waals surface area contributed by atoms with Crippen LogP contribution in [0.25, 0.3) is 0 Å². The second-order valence-corrected chi connectivity index (χ2v) is 4.49. The average Bonchev–Trinajstić information content (AvgIpc) is 2.34. The van der Waals surface area contributed by atoms with Crippen LogP contribution in [0.3, 0.4) is 0 Å². The number of hydrogen-bond donors (Lipinski definition) is 2. The number of nitrogens with one attached hydrogen (secondary N) is 1. The maximum absolute atomic E-state index is 5.76.